The number of rotatable bonds is 7. The first kappa shape index (κ1) is 21.1. The van der Waals surface area contributed by atoms with Crippen LogP contribution >= 0.6 is 24.8 Å². The summed E-state index contributed by atoms with van der Waals surface area (Å²) in [5, 5.41) is 3.55. The fourth-order valence-corrected chi connectivity index (χ4v) is 2.83. The molecule has 22 heavy (non-hydrogen) atoms. The van der Waals surface area contributed by atoms with Gasteiger partial charge in [-0.2, -0.15) is 0 Å². The Hall–Kier alpha value is -0.920. The van der Waals surface area contributed by atoms with Gasteiger partial charge in [-0.1, -0.05) is 31.0 Å². The van der Waals surface area contributed by atoms with Crippen LogP contribution in [0.3, 0.4) is 0 Å². The molecule has 1 N–H and O–H groups in total. The lowest BCUT2D eigenvalue weighted by Gasteiger charge is -2.23. The van der Waals surface area contributed by atoms with Gasteiger partial charge in [-0.25, -0.2) is 0 Å². The summed E-state index contributed by atoms with van der Waals surface area (Å²) >= 11 is 0. The fourth-order valence-electron chi connectivity index (χ4n) is 2.83. The van der Waals surface area contributed by atoms with Crippen LogP contribution < -0.4 is 10.1 Å². The van der Waals surface area contributed by atoms with Crippen molar-refractivity contribution in [3.05, 3.63) is 29.8 Å². The Labute approximate surface area is 146 Å². The van der Waals surface area contributed by atoms with E-state index in [4.69, 9.17) is 11.2 Å². The SMILES string of the molecule is C#CCOc1ccccc1CNCC1CCCN1CC.Cl.Cl. The molecule has 1 fully saturated rings. The van der Waals surface area contributed by atoms with Gasteiger partial charge in [-0.05, 0) is 32.0 Å². The molecule has 1 saturated heterocycles. The number of ether oxygens (including phenoxy) is 1. The highest BCUT2D eigenvalue weighted by Gasteiger charge is 2.22. The van der Waals surface area contributed by atoms with Crippen LogP contribution in [0.15, 0.2) is 24.3 Å². The van der Waals surface area contributed by atoms with Crippen molar-refractivity contribution < 1.29 is 4.74 Å². The summed E-state index contributed by atoms with van der Waals surface area (Å²) in [6.07, 6.45) is 7.87. The molecule has 2 rings (SSSR count). The van der Waals surface area contributed by atoms with Crippen LogP contribution in [0.1, 0.15) is 25.3 Å². The molecule has 0 aromatic heterocycles. The summed E-state index contributed by atoms with van der Waals surface area (Å²) < 4.78 is 5.56. The van der Waals surface area contributed by atoms with E-state index in [0.29, 0.717) is 12.6 Å². The average Bonchev–Trinajstić information content (AvgIpc) is 2.94. The number of hydrogen-bond donors (Lipinski definition) is 1. The van der Waals surface area contributed by atoms with Gasteiger partial charge >= 0.3 is 0 Å². The van der Waals surface area contributed by atoms with Gasteiger partial charge in [0.15, 0.2) is 0 Å². The average molecular weight is 345 g/mol. The summed E-state index contributed by atoms with van der Waals surface area (Å²) in [6, 6.07) is 8.75. The molecule has 0 amide bonds. The molecule has 5 heteroatoms. The van der Waals surface area contributed by atoms with Gasteiger partial charge in [0.25, 0.3) is 0 Å². The molecular weight excluding hydrogens is 319 g/mol. The van der Waals surface area contributed by atoms with E-state index in [2.05, 4.69) is 29.1 Å². The van der Waals surface area contributed by atoms with Crippen LogP contribution in [-0.2, 0) is 6.54 Å². The van der Waals surface area contributed by atoms with E-state index >= 15 is 0 Å². The summed E-state index contributed by atoms with van der Waals surface area (Å²) in [4.78, 5) is 2.55. The minimum absolute atomic E-state index is 0. The third kappa shape index (κ3) is 6.06. The van der Waals surface area contributed by atoms with Crippen LogP contribution in [0, 0.1) is 12.3 Å². The van der Waals surface area contributed by atoms with Crippen molar-refractivity contribution in [2.24, 2.45) is 0 Å². The predicted molar refractivity (Wildman–Crippen MR) is 97.2 cm³/mol. The van der Waals surface area contributed by atoms with Crippen LogP contribution in [0.5, 0.6) is 5.75 Å². The number of nitrogens with one attached hydrogen (secondary N) is 1. The van der Waals surface area contributed by atoms with Crippen molar-refractivity contribution >= 4 is 24.8 Å². The van der Waals surface area contributed by atoms with E-state index in [-0.39, 0.29) is 24.8 Å². The molecule has 1 heterocycles. The second-order valence-corrected chi connectivity index (χ2v) is 5.16. The molecular formula is C17H26Cl2N2O. The van der Waals surface area contributed by atoms with E-state index in [1.54, 1.807) is 0 Å². The largest absolute Gasteiger partial charge is 0.481 e. The van der Waals surface area contributed by atoms with E-state index in [1.165, 1.54) is 24.9 Å². The maximum atomic E-state index is 5.56. The normalized spacial score (nSPS) is 17.2. The van der Waals surface area contributed by atoms with Crippen molar-refractivity contribution in [3.63, 3.8) is 0 Å². The van der Waals surface area contributed by atoms with Crippen molar-refractivity contribution in [1.82, 2.24) is 10.2 Å². The van der Waals surface area contributed by atoms with Gasteiger partial charge < -0.3 is 10.1 Å². The Morgan fingerprint density at radius 3 is 2.86 bits per heavy atom. The lowest BCUT2D eigenvalue weighted by Crippen LogP contribution is -2.37. The van der Waals surface area contributed by atoms with Gasteiger partial charge in [0.1, 0.15) is 12.4 Å². The zero-order valence-electron chi connectivity index (χ0n) is 13.1. The number of hydrogen-bond acceptors (Lipinski definition) is 3. The van der Waals surface area contributed by atoms with Gasteiger partial charge in [-0.15, -0.1) is 31.2 Å². The summed E-state index contributed by atoms with van der Waals surface area (Å²) in [5.74, 6) is 3.39. The molecule has 0 radical (unpaired) electrons. The highest BCUT2D eigenvalue weighted by molar-refractivity contribution is 5.85. The summed E-state index contributed by atoms with van der Waals surface area (Å²) in [6.45, 7) is 6.82. The number of likely N-dealkylation sites (N-methyl/N-ethyl adjacent to an activating group) is 1. The fraction of sp³-hybridized carbons (Fsp3) is 0.529. The maximum Gasteiger partial charge on any atom is 0.148 e. The van der Waals surface area contributed by atoms with Crippen molar-refractivity contribution in [3.8, 4) is 18.1 Å². The zero-order valence-corrected chi connectivity index (χ0v) is 14.7. The van der Waals surface area contributed by atoms with Gasteiger partial charge in [0.2, 0.25) is 0 Å². The van der Waals surface area contributed by atoms with Gasteiger partial charge in [-0.3, -0.25) is 4.90 Å². The zero-order chi connectivity index (χ0) is 14.2. The molecule has 1 unspecified atom stereocenters. The lowest BCUT2D eigenvalue weighted by molar-refractivity contribution is 0.259. The Morgan fingerprint density at radius 1 is 1.36 bits per heavy atom. The van der Waals surface area contributed by atoms with Crippen molar-refractivity contribution in [1.29, 1.82) is 0 Å². The van der Waals surface area contributed by atoms with E-state index in [0.717, 1.165) is 25.4 Å². The molecule has 1 aromatic rings. The second-order valence-electron chi connectivity index (χ2n) is 5.16. The van der Waals surface area contributed by atoms with Crippen molar-refractivity contribution in [2.45, 2.75) is 32.4 Å². The molecule has 0 aliphatic carbocycles. The summed E-state index contributed by atoms with van der Waals surface area (Å²) in [7, 11) is 0. The van der Waals surface area contributed by atoms with E-state index < -0.39 is 0 Å². The predicted octanol–water partition coefficient (Wildman–Crippen LogP) is 3.12. The Bertz CT molecular complexity index is 462. The minimum atomic E-state index is 0. The molecule has 0 saturated carbocycles. The minimum Gasteiger partial charge on any atom is -0.481 e. The highest BCUT2D eigenvalue weighted by Crippen LogP contribution is 2.19. The lowest BCUT2D eigenvalue weighted by atomic mass is 10.2. The van der Waals surface area contributed by atoms with Gasteiger partial charge in [0.05, 0.1) is 0 Å². The van der Waals surface area contributed by atoms with Crippen molar-refractivity contribution in [2.75, 3.05) is 26.2 Å². The Kier molecular flexibility index (Phi) is 11.1. The van der Waals surface area contributed by atoms with E-state index in [1.807, 2.05) is 18.2 Å². The highest BCUT2D eigenvalue weighted by atomic mass is 35.5. The van der Waals surface area contributed by atoms with Crippen LogP contribution in [0.4, 0.5) is 0 Å². The van der Waals surface area contributed by atoms with Crippen LogP contribution in [0.2, 0.25) is 0 Å². The third-order valence-electron chi connectivity index (χ3n) is 3.88. The molecule has 1 aliphatic heterocycles. The van der Waals surface area contributed by atoms with Crippen LogP contribution in [-0.4, -0.2) is 37.2 Å². The smallest absolute Gasteiger partial charge is 0.148 e. The molecule has 1 aliphatic rings. The first-order valence-corrected chi connectivity index (χ1v) is 7.44. The number of terminal acetylenes is 1. The monoisotopic (exact) mass is 344 g/mol. The number of likely N-dealkylation sites (tertiary alicyclic amines) is 1. The maximum absolute atomic E-state index is 5.56. The molecule has 1 atom stereocenters. The standard InChI is InChI=1S/C17H24N2O.2ClH/c1-3-12-20-17-10-6-5-8-15(17)13-18-14-16-9-7-11-19(16)4-2;;/h1,5-6,8,10,16,18H,4,7,9,11-14H2,2H3;2*1H. The number of para-hydroxylation sites is 1. The summed E-state index contributed by atoms with van der Waals surface area (Å²) in [5.41, 5.74) is 1.17. The van der Waals surface area contributed by atoms with E-state index in [9.17, 15) is 0 Å². The second kappa shape index (κ2) is 11.6. The molecule has 0 spiro atoms. The molecule has 0 bridgehead atoms. The molecule has 1 aromatic carbocycles. The molecule has 3 nitrogen and oxygen atoms in total. The first-order chi connectivity index (χ1) is 9.85. The molecule has 124 valence electrons. The topological polar surface area (TPSA) is 24.5 Å². The first-order valence-electron chi connectivity index (χ1n) is 7.44. The third-order valence-corrected chi connectivity index (χ3v) is 3.88. The Balaban J connectivity index is 0.00000220. The Morgan fingerprint density at radius 2 is 2.14 bits per heavy atom. The van der Waals surface area contributed by atoms with Gasteiger partial charge in [0, 0.05) is 24.7 Å². The number of nitrogens with zero attached hydrogens (tertiary/aromatic N) is 1. The number of benzene rings is 1. The quantitative estimate of drug-likeness (QED) is 0.769. The van der Waals surface area contributed by atoms with Crippen LogP contribution in [0.25, 0.3) is 0 Å². The number of halogens is 2.